The van der Waals surface area contributed by atoms with Gasteiger partial charge in [0, 0.05) is 5.69 Å². The number of benzene rings is 1. The first-order chi connectivity index (χ1) is 10.5. The molecule has 0 radical (unpaired) electrons. The fourth-order valence-electron chi connectivity index (χ4n) is 1.30. The Bertz CT molecular complexity index is 663. The van der Waals surface area contributed by atoms with Gasteiger partial charge in [-0.05, 0) is 24.3 Å². The minimum Gasteiger partial charge on any atom is -0.369 e. The van der Waals surface area contributed by atoms with Crippen molar-refractivity contribution in [1.82, 2.24) is 10.2 Å². The zero-order chi connectivity index (χ0) is 15.9. The van der Waals surface area contributed by atoms with Gasteiger partial charge in [0.1, 0.15) is 5.82 Å². The standard InChI is InChI=1S/C12H11FN4O2S3/c13-7-1-3-8(4-2-7)15-10(19)6-21-12-17-16-11(22-12)20-5-9(14)18/h1-4H,5-6H2,(H2,14,18)(H,15,19). The normalized spacial score (nSPS) is 10.4. The van der Waals surface area contributed by atoms with Crippen LogP contribution in [0.1, 0.15) is 0 Å². The molecule has 3 N–H and O–H groups in total. The summed E-state index contributed by atoms with van der Waals surface area (Å²) >= 11 is 3.74. The van der Waals surface area contributed by atoms with Crippen LogP contribution in [0.25, 0.3) is 0 Å². The molecule has 6 nitrogen and oxygen atoms in total. The van der Waals surface area contributed by atoms with E-state index in [1.807, 2.05) is 0 Å². The molecule has 1 aromatic carbocycles. The third-order valence-corrected chi connectivity index (χ3v) is 5.39. The maximum atomic E-state index is 12.7. The second-order valence-corrected chi connectivity index (χ2v) is 7.36. The fraction of sp³-hybridized carbons (Fsp3) is 0.167. The maximum Gasteiger partial charge on any atom is 0.234 e. The Morgan fingerprint density at radius 3 is 2.32 bits per heavy atom. The van der Waals surface area contributed by atoms with Gasteiger partial charge in [-0.1, -0.05) is 34.9 Å². The van der Waals surface area contributed by atoms with E-state index in [-0.39, 0.29) is 23.2 Å². The molecule has 0 bridgehead atoms. The van der Waals surface area contributed by atoms with Crippen LogP contribution >= 0.6 is 34.9 Å². The van der Waals surface area contributed by atoms with E-state index in [1.165, 1.54) is 59.1 Å². The van der Waals surface area contributed by atoms with E-state index >= 15 is 0 Å². The summed E-state index contributed by atoms with van der Waals surface area (Å²) in [6.45, 7) is 0. The van der Waals surface area contributed by atoms with Gasteiger partial charge in [0.15, 0.2) is 8.68 Å². The third-order valence-electron chi connectivity index (χ3n) is 2.18. The molecule has 0 aliphatic carbocycles. The largest absolute Gasteiger partial charge is 0.369 e. The molecule has 2 aromatic rings. The zero-order valence-electron chi connectivity index (χ0n) is 11.1. The Kier molecular flexibility index (Phi) is 6.16. The molecule has 2 rings (SSSR count). The van der Waals surface area contributed by atoms with Gasteiger partial charge in [0.25, 0.3) is 0 Å². The maximum absolute atomic E-state index is 12.7. The minimum absolute atomic E-state index is 0.143. The lowest BCUT2D eigenvalue weighted by Crippen LogP contribution is -2.13. The molecular weight excluding hydrogens is 347 g/mol. The van der Waals surface area contributed by atoms with Crippen LogP contribution in [0.3, 0.4) is 0 Å². The number of carbonyl (C=O) groups is 2. The summed E-state index contributed by atoms with van der Waals surface area (Å²) < 4.78 is 14.0. The van der Waals surface area contributed by atoms with E-state index in [1.54, 1.807) is 0 Å². The van der Waals surface area contributed by atoms with Gasteiger partial charge in [0.2, 0.25) is 11.8 Å². The van der Waals surface area contributed by atoms with Crippen molar-refractivity contribution in [2.24, 2.45) is 5.73 Å². The van der Waals surface area contributed by atoms with Crippen molar-refractivity contribution in [1.29, 1.82) is 0 Å². The molecule has 116 valence electrons. The quantitative estimate of drug-likeness (QED) is 0.735. The second kappa shape index (κ2) is 8.11. The zero-order valence-corrected chi connectivity index (χ0v) is 13.6. The van der Waals surface area contributed by atoms with E-state index in [0.29, 0.717) is 14.4 Å². The molecule has 10 heteroatoms. The number of nitrogens with one attached hydrogen (secondary N) is 1. The second-order valence-electron chi connectivity index (χ2n) is 3.93. The average Bonchev–Trinajstić information content (AvgIpc) is 2.93. The summed E-state index contributed by atoms with van der Waals surface area (Å²) in [6, 6.07) is 5.52. The van der Waals surface area contributed by atoms with Crippen LogP contribution in [0.15, 0.2) is 32.9 Å². The van der Waals surface area contributed by atoms with Crippen LogP contribution in [0.4, 0.5) is 10.1 Å². The molecule has 0 aliphatic rings. The number of nitrogens with two attached hydrogens (primary N) is 1. The van der Waals surface area contributed by atoms with Crippen LogP contribution in [-0.2, 0) is 9.59 Å². The molecule has 0 atom stereocenters. The molecular formula is C12H11FN4O2S3. The average molecular weight is 358 g/mol. The number of rotatable bonds is 7. The summed E-state index contributed by atoms with van der Waals surface area (Å²) in [5.74, 6) is -0.704. The SMILES string of the molecule is NC(=O)CSc1nnc(SCC(=O)Nc2ccc(F)cc2)s1. The van der Waals surface area contributed by atoms with Gasteiger partial charge < -0.3 is 11.1 Å². The summed E-state index contributed by atoms with van der Waals surface area (Å²) in [7, 11) is 0. The van der Waals surface area contributed by atoms with Gasteiger partial charge in [-0.2, -0.15) is 0 Å². The van der Waals surface area contributed by atoms with Gasteiger partial charge in [-0.3, -0.25) is 9.59 Å². The lowest BCUT2D eigenvalue weighted by atomic mass is 10.3. The van der Waals surface area contributed by atoms with E-state index < -0.39 is 5.91 Å². The van der Waals surface area contributed by atoms with Crippen molar-refractivity contribution in [2.45, 2.75) is 8.68 Å². The lowest BCUT2D eigenvalue weighted by molar-refractivity contribution is -0.115. The molecule has 1 heterocycles. The molecule has 0 saturated carbocycles. The molecule has 0 fully saturated rings. The Hall–Kier alpha value is -1.65. The van der Waals surface area contributed by atoms with E-state index in [2.05, 4.69) is 15.5 Å². The third kappa shape index (κ3) is 5.62. The number of primary amides is 1. The molecule has 0 spiro atoms. The monoisotopic (exact) mass is 358 g/mol. The molecule has 0 saturated heterocycles. The number of nitrogens with zero attached hydrogens (tertiary/aromatic N) is 2. The predicted molar refractivity (Wildman–Crippen MR) is 85.6 cm³/mol. The number of thioether (sulfide) groups is 2. The Morgan fingerprint density at radius 1 is 1.14 bits per heavy atom. The van der Waals surface area contributed by atoms with Crippen LogP contribution < -0.4 is 11.1 Å². The number of carbonyl (C=O) groups excluding carboxylic acids is 2. The first-order valence-corrected chi connectivity index (χ1v) is 8.74. The number of hydrogen-bond donors (Lipinski definition) is 2. The Balaban J connectivity index is 1.78. The van der Waals surface area contributed by atoms with Crippen molar-refractivity contribution in [3.05, 3.63) is 30.1 Å². The molecule has 22 heavy (non-hydrogen) atoms. The van der Waals surface area contributed by atoms with Crippen LogP contribution in [-0.4, -0.2) is 33.5 Å². The summed E-state index contributed by atoms with van der Waals surface area (Å²) in [4.78, 5) is 22.4. The summed E-state index contributed by atoms with van der Waals surface area (Å²) in [5.41, 5.74) is 5.57. The minimum atomic E-state index is -0.423. The van der Waals surface area contributed by atoms with Crippen molar-refractivity contribution in [3.8, 4) is 0 Å². The van der Waals surface area contributed by atoms with E-state index in [0.717, 1.165) is 0 Å². The number of hydrogen-bond acceptors (Lipinski definition) is 7. The molecule has 1 aromatic heterocycles. The fourth-order valence-corrected chi connectivity index (χ4v) is 3.86. The van der Waals surface area contributed by atoms with Crippen molar-refractivity contribution < 1.29 is 14.0 Å². The smallest absolute Gasteiger partial charge is 0.234 e. The molecule has 0 unspecified atom stereocenters. The number of amides is 2. The van der Waals surface area contributed by atoms with Crippen molar-refractivity contribution in [2.75, 3.05) is 16.8 Å². The number of aromatic nitrogens is 2. The Morgan fingerprint density at radius 2 is 1.73 bits per heavy atom. The van der Waals surface area contributed by atoms with Gasteiger partial charge in [0.05, 0.1) is 11.5 Å². The highest BCUT2D eigenvalue weighted by Gasteiger charge is 2.09. The first-order valence-electron chi connectivity index (χ1n) is 5.96. The number of anilines is 1. The van der Waals surface area contributed by atoms with Crippen LogP contribution in [0.2, 0.25) is 0 Å². The van der Waals surface area contributed by atoms with Crippen molar-refractivity contribution >= 4 is 52.4 Å². The summed E-state index contributed by atoms with van der Waals surface area (Å²) in [6.07, 6.45) is 0. The van der Waals surface area contributed by atoms with Gasteiger partial charge in [-0.25, -0.2) is 4.39 Å². The Labute approximate surface area is 138 Å². The van der Waals surface area contributed by atoms with Crippen LogP contribution in [0.5, 0.6) is 0 Å². The lowest BCUT2D eigenvalue weighted by Gasteiger charge is -2.03. The highest BCUT2D eigenvalue weighted by molar-refractivity contribution is 8.03. The van der Waals surface area contributed by atoms with Gasteiger partial charge in [-0.15, -0.1) is 10.2 Å². The number of halogens is 1. The van der Waals surface area contributed by atoms with E-state index in [9.17, 15) is 14.0 Å². The summed E-state index contributed by atoms with van der Waals surface area (Å²) in [5, 5.41) is 10.5. The van der Waals surface area contributed by atoms with Crippen molar-refractivity contribution in [3.63, 3.8) is 0 Å². The first kappa shape index (κ1) is 16.7. The highest BCUT2D eigenvalue weighted by atomic mass is 32.2. The van der Waals surface area contributed by atoms with Gasteiger partial charge >= 0.3 is 0 Å². The van der Waals surface area contributed by atoms with E-state index in [4.69, 9.17) is 5.73 Å². The predicted octanol–water partition coefficient (Wildman–Crippen LogP) is 1.99. The highest BCUT2D eigenvalue weighted by Crippen LogP contribution is 2.28. The topological polar surface area (TPSA) is 98.0 Å². The molecule has 0 aliphatic heterocycles. The molecule has 2 amide bonds. The van der Waals surface area contributed by atoms with Crippen LogP contribution in [0, 0.1) is 5.82 Å².